The lowest BCUT2D eigenvalue weighted by molar-refractivity contribution is 0.0932. The third kappa shape index (κ3) is 4.36. The van der Waals surface area contributed by atoms with Gasteiger partial charge in [0.25, 0.3) is 5.91 Å². The maximum absolute atomic E-state index is 12.1. The van der Waals surface area contributed by atoms with E-state index >= 15 is 0 Å². The first-order valence-electron chi connectivity index (χ1n) is 7.95. The molecular formula is C17H20N4O4. The van der Waals surface area contributed by atoms with E-state index in [2.05, 4.69) is 20.6 Å². The molecule has 0 saturated carbocycles. The third-order valence-electron chi connectivity index (χ3n) is 3.48. The Morgan fingerprint density at radius 3 is 2.80 bits per heavy atom. The van der Waals surface area contributed by atoms with Crippen LogP contribution in [0.25, 0.3) is 0 Å². The van der Waals surface area contributed by atoms with Crippen LogP contribution < -0.4 is 20.1 Å². The molecule has 2 heterocycles. The first kappa shape index (κ1) is 17.0. The topological polar surface area (TPSA) is 94.6 Å². The van der Waals surface area contributed by atoms with Crippen molar-refractivity contribution >= 4 is 17.5 Å². The fraction of sp³-hybridized carbons (Fsp3) is 0.353. The number of methoxy groups -OCH3 is 1. The van der Waals surface area contributed by atoms with Crippen molar-refractivity contribution in [3.05, 3.63) is 35.7 Å². The predicted octanol–water partition coefficient (Wildman–Crippen LogP) is 1.68. The summed E-state index contributed by atoms with van der Waals surface area (Å²) in [4.78, 5) is 20.7. The summed E-state index contributed by atoms with van der Waals surface area (Å²) in [5, 5.41) is 5.84. The van der Waals surface area contributed by atoms with Crippen LogP contribution in [-0.4, -0.2) is 49.4 Å². The normalized spacial score (nSPS) is 12.6. The monoisotopic (exact) mass is 344 g/mol. The van der Waals surface area contributed by atoms with Gasteiger partial charge in [0.15, 0.2) is 11.5 Å². The van der Waals surface area contributed by atoms with Crippen LogP contribution in [0.4, 0.5) is 11.6 Å². The Morgan fingerprint density at radius 2 is 2.00 bits per heavy atom. The van der Waals surface area contributed by atoms with E-state index < -0.39 is 0 Å². The molecule has 1 aliphatic rings. The van der Waals surface area contributed by atoms with Gasteiger partial charge >= 0.3 is 0 Å². The van der Waals surface area contributed by atoms with Gasteiger partial charge in [-0.3, -0.25) is 4.79 Å². The average Bonchev–Trinajstić information content (AvgIpc) is 2.61. The molecular weight excluding hydrogens is 324 g/mol. The van der Waals surface area contributed by atoms with Crippen molar-refractivity contribution in [1.82, 2.24) is 15.3 Å². The highest BCUT2D eigenvalue weighted by molar-refractivity contribution is 5.92. The minimum Gasteiger partial charge on any atom is -0.486 e. The fourth-order valence-electron chi connectivity index (χ4n) is 2.35. The number of hydrogen-bond donors (Lipinski definition) is 2. The van der Waals surface area contributed by atoms with Crippen molar-refractivity contribution in [3.63, 3.8) is 0 Å². The molecule has 1 aliphatic heterocycles. The molecule has 8 nitrogen and oxygen atoms in total. The van der Waals surface area contributed by atoms with Crippen LogP contribution in [0, 0.1) is 6.92 Å². The van der Waals surface area contributed by atoms with Gasteiger partial charge in [-0.1, -0.05) is 0 Å². The standard InChI is InChI=1S/C17H20N4O4/c1-11-9-13(16(22)18-5-6-23-2)21-17(19-11)20-12-3-4-14-15(10-12)25-8-7-24-14/h3-4,9-10H,5-8H2,1-2H3,(H,18,22)(H,19,20,21). The van der Waals surface area contributed by atoms with Crippen molar-refractivity contribution in [2.45, 2.75) is 6.92 Å². The zero-order valence-electron chi connectivity index (χ0n) is 14.2. The van der Waals surface area contributed by atoms with Gasteiger partial charge in [-0.15, -0.1) is 0 Å². The van der Waals surface area contributed by atoms with Crippen molar-refractivity contribution in [3.8, 4) is 11.5 Å². The number of aromatic nitrogens is 2. The molecule has 0 fully saturated rings. The molecule has 1 aromatic carbocycles. The second-order valence-electron chi connectivity index (χ2n) is 5.45. The van der Waals surface area contributed by atoms with E-state index in [1.54, 1.807) is 13.2 Å². The Hall–Kier alpha value is -2.87. The van der Waals surface area contributed by atoms with Gasteiger partial charge in [-0.05, 0) is 25.1 Å². The number of aryl methyl sites for hydroxylation is 1. The highest BCUT2D eigenvalue weighted by Gasteiger charge is 2.14. The van der Waals surface area contributed by atoms with Crippen LogP contribution in [-0.2, 0) is 4.74 Å². The Balaban J connectivity index is 1.75. The first-order chi connectivity index (χ1) is 12.2. The summed E-state index contributed by atoms with van der Waals surface area (Å²) in [5.74, 6) is 1.45. The Labute approximate surface area is 145 Å². The molecule has 0 bridgehead atoms. The second-order valence-corrected chi connectivity index (χ2v) is 5.45. The number of hydrogen-bond acceptors (Lipinski definition) is 7. The number of nitrogens with one attached hydrogen (secondary N) is 2. The molecule has 0 unspecified atom stereocenters. The molecule has 0 radical (unpaired) electrons. The molecule has 0 atom stereocenters. The predicted molar refractivity (Wildman–Crippen MR) is 91.7 cm³/mol. The summed E-state index contributed by atoms with van der Waals surface area (Å²) >= 11 is 0. The number of anilines is 2. The smallest absolute Gasteiger partial charge is 0.270 e. The molecule has 25 heavy (non-hydrogen) atoms. The van der Waals surface area contributed by atoms with Gasteiger partial charge in [0.05, 0.1) is 6.61 Å². The summed E-state index contributed by atoms with van der Waals surface area (Å²) in [6, 6.07) is 7.12. The van der Waals surface area contributed by atoms with E-state index in [0.29, 0.717) is 55.2 Å². The maximum atomic E-state index is 12.1. The minimum atomic E-state index is -0.271. The van der Waals surface area contributed by atoms with Gasteiger partial charge in [0.2, 0.25) is 5.95 Å². The lowest BCUT2D eigenvalue weighted by Gasteiger charge is -2.19. The van der Waals surface area contributed by atoms with E-state index in [9.17, 15) is 4.79 Å². The molecule has 0 aliphatic carbocycles. The number of carbonyl (C=O) groups excluding carboxylic acids is 1. The highest BCUT2D eigenvalue weighted by atomic mass is 16.6. The summed E-state index contributed by atoms with van der Waals surface area (Å²) in [6.45, 7) is 3.73. The van der Waals surface area contributed by atoms with Crippen LogP contribution in [0.1, 0.15) is 16.2 Å². The lowest BCUT2D eigenvalue weighted by atomic mass is 10.2. The van der Waals surface area contributed by atoms with E-state index in [4.69, 9.17) is 14.2 Å². The molecule has 0 spiro atoms. The zero-order chi connectivity index (χ0) is 17.6. The van der Waals surface area contributed by atoms with Crippen molar-refractivity contribution in [2.24, 2.45) is 0 Å². The van der Waals surface area contributed by atoms with E-state index in [1.807, 2.05) is 25.1 Å². The van der Waals surface area contributed by atoms with E-state index in [0.717, 1.165) is 5.69 Å². The largest absolute Gasteiger partial charge is 0.486 e. The molecule has 2 aromatic rings. The fourth-order valence-corrected chi connectivity index (χ4v) is 2.35. The second kappa shape index (κ2) is 7.80. The Bertz CT molecular complexity index is 766. The van der Waals surface area contributed by atoms with Crippen molar-refractivity contribution < 1.29 is 19.0 Å². The van der Waals surface area contributed by atoms with Gasteiger partial charge in [-0.25, -0.2) is 9.97 Å². The van der Waals surface area contributed by atoms with Crippen LogP contribution in [0.15, 0.2) is 24.3 Å². The average molecular weight is 344 g/mol. The molecule has 132 valence electrons. The van der Waals surface area contributed by atoms with Crippen LogP contribution >= 0.6 is 0 Å². The van der Waals surface area contributed by atoms with Crippen LogP contribution in [0.5, 0.6) is 11.5 Å². The van der Waals surface area contributed by atoms with Crippen molar-refractivity contribution in [1.29, 1.82) is 0 Å². The number of ether oxygens (including phenoxy) is 3. The van der Waals surface area contributed by atoms with Gasteiger partial charge in [0, 0.05) is 31.1 Å². The number of rotatable bonds is 6. The SMILES string of the molecule is COCCNC(=O)c1cc(C)nc(Nc2ccc3c(c2)OCCO3)n1. The summed E-state index contributed by atoms with van der Waals surface area (Å²) in [6.07, 6.45) is 0. The van der Waals surface area contributed by atoms with Gasteiger partial charge in [0.1, 0.15) is 18.9 Å². The molecule has 1 aromatic heterocycles. The molecule has 1 amide bonds. The first-order valence-corrected chi connectivity index (χ1v) is 7.95. The number of nitrogens with zero attached hydrogens (tertiary/aromatic N) is 2. The maximum Gasteiger partial charge on any atom is 0.270 e. The van der Waals surface area contributed by atoms with Gasteiger partial charge < -0.3 is 24.8 Å². The zero-order valence-corrected chi connectivity index (χ0v) is 14.2. The summed E-state index contributed by atoms with van der Waals surface area (Å²) in [7, 11) is 1.58. The molecule has 0 saturated heterocycles. The number of fused-ring (bicyclic) bond motifs is 1. The van der Waals surface area contributed by atoms with Crippen LogP contribution in [0.2, 0.25) is 0 Å². The van der Waals surface area contributed by atoms with Crippen LogP contribution in [0.3, 0.4) is 0 Å². The number of carbonyl (C=O) groups is 1. The Morgan fingerprint density at radius 1 is 1.20 bits per heavy atom. The molecule has 8 heteroatoms. The summed E-state index contributed by atoms with van der Waals surface area (Å²) in [5.41, 5.74) is 1.73. The van der Waals surface area contributed by atoms with E-state index in [-0.39, 0.29) is 5.91 Å². The third-order valence-corrected chi connectivity index (χ3v) is 3.48. The van der Waals surface area contributed by atoms with Crippen molar-refractivity contribution in [2.75, 3.05) is 38.8 Å². The number of amides is 1. The number of benzene rings is 1. The Kier molecular flexibility index (Phi) is 5.30. The van der Waals surface area contributed by atoms with E-state index in [1.165, 1.54) is 0 Å². The summed E-state index contributed by atoms with van der Waals surface area (Å²) < 4.78 is 16.0. The quantitative estimate of drug-likeness (QED) is 0.770. The highest BCUT2D eigenvalue weighted by Crippen LogP contribution is 2.33. The molecule has 2 N–H and O–H groups in total. The van der Waals surface area contributed by atoms with Gasteiger partial charge in [-0.2, -0.15) is 0 Å². The lowest BCUT2D eigenvalue weighted by Crippen LogP contribution is -2.28. The minimum absolute atomic E-state index is 0.271. The molecule has 3 rings (SSSR count).